The number of para-hydroxylation sites is 1. The molecule has 1 aromatic rings. The number of fused-ring (bicyclic) bond motifs is 5. The first-order valence-electron chi connectivity index (χ1n) is 10.2. The number of anilines is 1. The van der Waals surface area contributed by atoms with E-state index >= 15 is 0 Å². The Bertz CT molecular complexity index is 799. The van der Waals surface area contributed by atoms with Gasteiger partial charge in [-0.1, -0.05) is 30.4 Å². The molecule has 0 unspecified atom stereocenters. The van der Waals surface area contributed by atoms with Gasteiger partial charge in [-0.05, 0) is 30.4 Å². The van der Waals surface area contributed by atoms with Gasteiger partial charge in [0.2, 0.25) is 17.7 Å². The number of carbonyl (C=O) groups excluding carboxylic acids is 3. The number of carbonyl (C=O) groups is 3. The summed E-state index contributed by atoms with van der Waals surface area (Å²) in [4.78, 5) is 43.6. The minimum absolute atomic E-state index is 0.0338. The summed E-state index contributed by atoms with van der Waals surface area (Å²) in [6.45, 7) is 3.18. The van der Waals surface area contributed by atoms with Crippen molar-refractivity contribution in [1.82, 2.24) is 9.80 Å². The number of allylic oxidation sites excluding steroid dienone is 2. The maximum atomic E-state index is 12.7. The third kappa shape index (κ3) is 2.74. The van der Waals surface area contributed by atoms with E-state index in [4.69, 9.17) is 0 Å². The number of benzene rings is 1. The predicted molar refractivity (Wildman–Crippen MR) is 104 cm³/mol. The van der Waals surface area contributed by atoms with Crippen molar-refractivity contribution in [1.29, 1.82) is 0 Å². The van der Waals surface area contributed by atoms with Crippen molar-refractivity contribution in [3.63, 3.8) is 0 Å². The Balaban J connectivity index is 1.15. The molecule has 6 heteroatoms. The SMILES string of the molecule is O=C(CCN1C(=O)[C@@H]2[C@@H](C1=O)[C@H]1C=C[C@H]2C1)N1CCN(c2ccccc2)CC1. The summed E-state index contributed by atoms with van der Waals surface area (Å²) in [7, 11) is 0. The highest BCUT2D eigenvalue weighted by molar-refractivity contribution is 6.06. The summed E-state index contributed by atoms with van der Waals surface area (Å²) in [5, 5.41) is 0. The van der Waals surface area contributed by atoms with Crippen LogP contribution in [0, 0.1) is 23.7 Å². The number of amides is 3. The van der Waals surface area contributed by atoms with Crippen LogP contribution in [0.15, 0.2) is 42.5 Å². The van der Waals surface area contributed by atoms with Gasteiger partial charge in [-0.2, -0.15) is 0 Å². The van der Waals surface area contributed by atoms with Crippen LogP contribution < -0.4 is 4.90 Å². The topological polar surface area (TPSA) is 60.9 Å². The molecule has 0 aromatic heterocycles. The summed E-state index contributed by atoms with van der Waals surface area (Å²) < 4.78 is 0. The maximum absolute atomic E-state index is 12.7. The van der Waals surface area contributed by atoms with Gasteiger partial charge in [0.05, 0.1) is 11.8 Å². The third-order valence-corrected chi connectivity index (χ3v) is 6.86. The second-order valence-corrected chi connectivity index (χ2v) is 8.28. The molecular weight excluding hydrogens is 354 g/mol. The highest BCUT2D eigenvalue weighted by atomic mass is 16.2. The Morgan fingerprint density at radius 1 is 0.893 bits per heavy atom. The molecule has 2 bridgehead atoms. The minimum atomic E-state index is -0.174. The van der Waals surface area contributed by atoms with Crippen molar-refractivity contribution >= 4 is 23.4 Å². The molecule has 28 heavy (non-hydrogen) atoms. The average molecular weight is 379 g/mol. The molecule has 6 nitrogen and oxygen atoms in total. The van der Waals surface area contributed by atoms with E-state index in [-0.39, 0.29) is 54.4 Å². The van der Waals surface area contributed by atoms with Crippen molar-refractivity contribution in [2.45, 2.75) is 12.8 Å². The largest absolute Gasteiger partial charge is 0.368 e. The molecule has 3 fully saturated rings. The lowest BCUT2D eigenvalue weighted by molar-refractivity contribution is -0.141. The van der Waals surface area contributed by atoms with Crippen LogP contribution in [0.25, 0.3) is 0 Å². The van der Waals surface area contributed by atoms with Gasteiger partial charge in [0.15, 0.2) is 0 Å². The molecule has 0 N–H and O–H groups in total. The van der Waals surface area contributed by atoms with Crippen LogP contribution in [-0.2, 0) is 14.4 Å². The molecule has 2 saturated heterocycles. The number of imide groups is 1. The summed E-state index contributed by atoms with van der Waals surface area (Å²) in [6, 6.07) is 10.2. The van der Waals surface area contributed by atoms with Crippen molar-refractivity contribution < 1.29 is 14.4 Å². The van der Waals surface area contributed by atoms with E-state index in [0.717, 1.165) is 19.5 Å². The number of hydrogen-bond acceptors (Lipinski definition) is 4. The highest BCUT2D eigenvalue weighted by Crippen LogP contribution is 2.52. The third-order valence-electron chi connectivity index (χ3n) is 6.86. The lowest BCUT2D eigenvalue weighted by Crippen LogP contribution is -2.49. The van der Waals surface area contributed by atoms with Gasteiger partial charge in [-0.25, -0.2) is 0 Å². The van der Waals surface area contributed by atoms with Crippen LogP contribution in [0.3, 0.4) is 0 Å². The van der Waals surface area contributed by atoms with Gasteiger partial charge in [0, 0.05) is 44.8 Å². The monoisotopic (exact) mass is 379 g/mol. The first-order chi connectivity index (χ1) is 13.6. The molecule has 2 aliphatic heterocycles. The molecule has 2 aliphatic carbocycles. The zero-order valence-electron chi connectivity index (χ0n) is 15.9. The summed E-state index contributed by atoms with van der Waals surface area (Å²) in [6.07, 6.45) is 5.35. The molecule has 2 heterocycles. The fourth-order valence-corrected chi connectivity index (χ4v) is 5.40. The van der Waals surface area contributed by atoms with Crippen LogP contribution in [0.1, 0.15) is 12.8 Å². The second kappa shape index (κ2) is 6.76. The average Bonchev–Trinajstić information content (AvgIpc) is 3.41. The maximum Gasteiger partial charge on any atom is 0.233 e. The molecule has 146 valence electrons. The molecule has 4 aliphatic rings. The second-order valence-electron chi connectivity index (χ2n) is 8.28. The van der Waals surface area contributed by atoms with Crippen molar-refractivity contribution in [2.24, 2.45) is 23.7 Å². The van der Waals surface area contributed by atoms with Crippen LogP contribution in [0.5, 0.6) is 0 Å². The summed E-state index contributed by atoms with van der Waals surface area (Å²) in [5.41, 5.74) is 1.18. The van der Waals surface area contributed by atoms with Gasteiger partial charge in [0.25, 0.3) is 0 Å². The molecule has 1 aromatic carbocycles. The van der Waals surface area contributed by atoms with E-state index in [0.29, 0.717) is 13.1 Å². The summed E-state index contributed by atoms with van der Waals surface area (Å²) >= 11 is 0. The Kier molecular flexibility index (Phi) is 4.22. The Morgan fingerprint density at radius 3 is 2.11 bits per heavy atom. The van der Waals surface area contributed by atoms with Gasteiger partial charge >= 0.3 is 0 Å². The van der Waals surface area contributed by atoms with Gasteiger partial charge in [0.1, 0.15) is 0 Å². The van der Waals surface area contributed by atoms with Crippen LogP contribution in [0.4, 0.5) is 5.69 Å². The van der Waals surface area contributed by atoms with Crippen molar-refractivity contribution in [2.75, 3.05) is 37.6 Å². The molecule has 5 rings (SSSR count). The number of hydrogen-bond donors (Lipinski definition) is 0. The van der Waals surface area contributed by atoms with Crippen LogP contribution in [0.2, 0.25) is 0 Å². The van der Waals surface area contributed by atoms with E-state index in [9.17, 15) is 14.4 Å². The fourth-order valence-electron chi connectivity index (χ4n) is 5.40. The van der Waals surface area contributed by atoms with Crippen molar-refractivity contribution in [3.05, 3.63) is 42.5 Å². The number of piperazine rings is 1. The van der Waals surface area contributed by atoms with Crippen molar-refractivity contribution in [3.8, 4) is 0 Å². The normalized spacial score (nSPS) is 31.1. The first-order valence-corrected chi connectivity index (χ1v) is 10.2. The smallest absolute Gasteiger partial charge is 0.233 e. The van der Waals surface area contributed by atoms with E-state index in [2.05, 4.69) is 29.2 Å². The van der Waals surface area contributed by atoms with E-state index in [1.165, 1.54) is 10.6 Å². The molecule has 3 amide bonds. The quantitative estimate of drug-likeness (QED) is 0.588. The highest BCUT2D eigenvalue weighted by Gasteiger charge is 2.59. The number of likely N-dealkylation sites (tertiary alicyclic amines) is 1. The molecule has 0 radical (unpaired) electrons. The minimum Gasteiger partial charge on any atom is -0.368 e. The van der Waals surface area contributed by atoms with E-state index in [1.807, 2.05) is 23.1 Å². The van der Waals surface area contributed by atoms with E-state index < -0.39 is 0 Å². The standard InChI is InChI=1S/C22H25N3O3/c26-18(24-12-10-23(11-13-24)17-4-2-1-3-5-17)8-9-25-21(27)19-15-6-7-16(14-15)20(19)22(25)28/h1-7,15-16,19-20H,8-14H2/t15-,16-,19-,20-/m0/s1. The van der Waals surface area contributed by atoms with Crippen LogP contribution >= 0.6 is 0 Å². The first kappa shape index (κ1) is 17.5. The van der Waals surface area contributed by atoms with Crippen LogP contribution in [-0.4, -0.2) is 60.2 Å². The molecular formula is C22H25N3O3. The number of rotatable bonds is 4. The predicted octanol–water partition coefficient (Wildman–Crippen LogP) is 1.53. The Morgan fingerprint density at radius 2 is 1.50 bits per heavy atom. The zero-order chi connectivity index (χ0) is 19.3. The Hall–Kier alpha value is -2.63. The fraction of sp³-hybridized carbons (Fsp3) is 0.500. The number of nitrogens with zero attached hydrogens (tertiary/aromatic N) is 3. The lowest BCUT2D eigenvalue weighted by atomic mass is 9.85. The Labute approximate surface area is 164 Å². The van der Waals surface area contributed by atoms with Gasteiger partial charge < -0.3 is 9.80 Å². The summed E-state index contributed by atoms with van der Waals surface area (Å²) in [5.74, 6) is 0.00373. The van der Waals surface area contributed by atoms with Gasteiger partial charge in [-0.3, -0.25) is 19.3 Å². The zero-order valence-corrected chi connectivity index (χ0v) is 15.9. The molecule has 4 atom stereocenters. The van der Waals surface area contributed by atoms with E-state index in [1.54, 1.807) is 0 Å². The molecule has 1 saturated carbocycles. The van der Waals surface area contributed by atoms with Gasteiger partial charge in [-0.15, -0.1) is 0 Å². The lowest BCUT2D eigenvalue weighted by Gasteiger charge is -2.36. The molecule has 0 spiro atoms.